The van der Waals surface area contributed by atoms with E-state index in [1.54, 1.807) is 23.2 Å². The highest BCUT2D eigenvalue weighted by molar-refractivity contribution is 9.10. The molecule has 31 heavy (non-hydrogen) atoms. The minimum absolute atomic E-state index is 0.319. The second-order valence-corrected chi connectivity index (χ2v) is 8.53. The Bertz CT molecular complexity index is 1440. The molecule has 0 saturated heterocycles. The van der Waals surface area contributed by atoms with E-state index in [0.29, 0.717) is 44.9 Å². The number of unbranched alkanes of at least 4 members (excludes halogenated alkanes) is 2. The molecule has 0 radical (unpaired) electrons. The summed E-state index contributed by atoms with van der Waals surface area (Å²) in [5.74, 6) is 0. The van der Waals surface area contributed by atoms with Crippen LogP contribution in [0, 0.1) is 0 Å². The number of fused-ring (bicyclic) bond motifs is 2. The lowest BCUT2D eigenvalue weighted by Crippen LogP contribution is -2.29. The van der Waals surface area contributed by atoms with Crippen molar-refractivity contribution in [3.05, 3.63) is 51.1 Å². The van der Waals surface area contributed by atoms with Gasteiger partial charge in [-0.15, -0.1) is 0 Å². The zero-order valence-corrected chi connectivity index (χ0v) is 19.8. The summed E-state index contributed by atoms with van der Waals surface area (Å²) in [5, 5.41) is 0. The van der Waals surface area contributed by atoms with E-state index in [-0.39, 0.29) is 0 Å². The number of halogens is 2. The Morgan fingerprint density at radius 2 is 1.10 bits per heavy atom. The number of aromatic nitrogens is 8. The van der Waals surface area contributed by atoms with E-state index in [4.69, 9.17) is 0 Å². The molecule has 4 heterocycles. The molecule has 2 N–H and O–H groups in total. The molecular weight excluding hydrogens is 540 g/mol. The average Bonchev–Trinajstić information content (AvgIpc) is 3.22. The van der Waals surface area contributed by atoms with Gasteiger partial charge in [-0.3, -0.25) is 28.7 Å². The van der Waals surface area contributed by atoms with E-state index in [2.05, 4.69) is 51.8 Å². The SMILES string of the molecule is Cn1c(=O)[nH]c(=O)c2c1nc(Br)n2CCCCCn1c(Br)nc2c1c(=O)[nH]c(=O)n2C. The fraction of sp³-hybridized carbons (Fsp3) is 0.412. The Kier molecular flexibility index (Phi) is 5.60. The number of nitrogens with zero attached hydrogens (tertiary/aromatic N) is 6. The highest BCUT2D eigenvalue weighted by atomic mass is 79.9. The Labute approximate surface area is 189 Å². The average molecular weight is 558 g/mol. The monoisotopic (exact) mass is 556 g/mol. The summed E-state index contributed by atoms with van der Waals surface area (Å²) < 4.78 is 7.01. The molecule has 12 nitrogen and oxygen atoms in total. The molecule has 164 valence electrons. The fourth-order valence-electron chi connectivity index (χ4n) is 3.54. The third kappa shape index (κ3) is 3.63. The summed E-state index contributed by atoms with van der Waals surface area (Å²) in [6.07, 6.45) is 2.28. The lowest BCUT2D eigenvalue weighted by atomic mass is 10.2. The molecule has 0 bridgehead atoms. The van der Waals surface area contributed by atoms with Crippen molar-refractivity contribution in [2.24, 2.45) is 14.1 Å². The van der Waals surface area contributed by atoms with Gasteiger partial charge in [-0.2, -0.15) is 0 Å². The Hall–Kier alpha value is -2.74. The van der Waals surface area contributed by atoms with Crippen LogP contribution in [0.3, 0.4) is 0 Å². The Morgan fingerprint density at radius 1 is 0.710 bits per heavy atom. The van der Waals surface area contributed by atoms with Crippen LogP contribution in [0.5, 0.6) is 0 Å². The number of hydrogen-bond acceptors (Lipinski definition) is 6. The van der Waals surface area contributed by atoms with Crippen molar-refractivity contribution < 1.29 is 0 Å². The first-order valence-electron chi connectivity index (χ1n) is 9.40. The van der Waals surface area contributed by atoms with Crippen LogP contribution in [-0.2, 0) is 27.2 Å². The molecule has 14 heteroatoms. The topological polar surface area (TPSA) is 145 Å². The van der Waals surface area contributed by atoms with Crippen LogP contribution >= 0.6 is 31.9 Å². The normalized spacial score (nSPS) is 11.7. The van der Waals surface area contributed by atoms with Crippen molar-refractivity contribution in [1.29, 1.82) is 0 Å². The third-order valence-corrected chi connectivity index (χ3v) is 6.40. The molecule has 0 atom stereocenters. The largest absolute Gasteiger partial charge is 0.329 e. The minimum Gasteiger partial charge on any atom is -0.313 e. The smallest absolute Gasteiger partial charge is 0.313 e. The van der Waals surface area contributed by atoms with E-state index in [9.17, 15) is 19.2 Å². The number of rotatable bonds is 6. The van der Waals surface area contributed by atoms with Gasteiger partial charge in [0, 0.05) is 27.2 Å². The first kappa shape index (κ1) is 21.5. The molecule has 0 saturated carbocycles. The summed E-state index contributed by atoms with van der Waals surface area (Å²) >= 11 is 6.72. The number of nitrogens with one attached hydrogen (secondary N) is 2. The van der Waals surface area contributed by atoms with Crippen LogP contribution in [-0.4, -0.2) is 38.2 Å². The van der Waals surface area contributed by atoms with E-state index < -0.39 is 22.5 Å². The van der Waals surface area contributed by atoms with Gasteiger partial charge in [-0.25, -0.2) is 19.6 Å². The molecule has 0 aliphatic heterocycles. The van der Waals surface area contributed by atoms with Crippen LogP contribution in [0.25, 0.3) is 22.3 Å². The van der Waals surface area contributed by atoms with Crippen LogP contribution in [0.1, 0.15) is 19.3 Å². The number of imidazole rings is 2. The van der Waals surface area contributed by atoms with Gasteiger partial charge in [-0.1, -0.05) is 0 Å². The van der Waals surface area contributed by atoms with Crippen LogP contribution in [0.4, 0.5) is 0 Å². The Balaban J connectivity index is 1.49. The van der Waals surface area contributed by atoms with E-state index >= 15 is 0 Å². The van der Waals surface area contributed by atoms with Crippen LogP contribution in [0.2, 0.25) is 0 Å². The van der Waals surface area contributed by atoms with Gasteiger partial charge in [0.05, 0.1) is 0 Å². The fourth-order valence-corrected chi connectivity index (χ4v) is 4.59. The maximum absolute atomic E-state index is 12.3. The quantitative estimate of drug-likeness (QED) is 0.261. The van der Waals surface area contributed by atoms with Crippen molar-refractivity contribution in [3.63, 3.8) is 0 Å². The minimum atomic E-state index is -0.514. The zero-order chi connectivity index (χ0) is 22.4. The molecule has 0 fully saturated rings. The second-order valence-electron chi connectivity index (χ2n) is 7.11. The van der Waals surface area contributed by atoms with Crippen molar-refractivity contribution >= 4 is 54.2 Å². The predicted octanol–water partition coefficient (Wildman–Crippen LogP) is 0.555. The molecule has 0 aliphatic rings. The van der Waals surface area contributed by atoms with Crippen LogP contribution in [0.15, 0.2) is 28.6 Å². The van der Waals surface area contributed by atoms with Crippen molar-refractivity contribution in [2.75, 3.05) is 0 Å². The van der Waals surface area contributed by atoms with Gasteiger partial charge in [0.25, 0.3) is 11.1 Å². The van der Waals surface area contributed by atoms with Crippen LogP contribution < -0.4 is 22.5 Å². The highest BCUT2D eigenvalue weighted by Gasteiger charge is 2.17. The molecule has 0 aliphatic carbocycles. The highest BCUT2D eigenvalue weighted by Crippen LogP contribution is 2.19. The summed E-state index contributed by atoms with van der Waals surface area (Å²) in [5.41, 5.74) is -0.668. The number of aryl methyl sites for hydroxylation is 4. The molecule has 0 aromatic carbocycles. The summed E-state index contributed by atoms with van der Waals surface area (Å²) in [6, 6.07) is 0. The molecule has 0 amide bonds. The standard InChI is InChI=1S/C17H18Br2N8O4/c1-24-10-8(12(28)22-16(24)30)26(14(18)20-10)6-4-3-5-7-27-9-11(21-15(27)19)25(2)17(31)23-13(9)29/h3-7H2,1-2H3,(H,22,28,30)(H,23,29,31). The van der Waals surface area contributed by atoms with E-state index in [1.807, 2.05) is 0 Å². The van der Waals surface area contributed by atoms with Gasteiger partial charge in [0.1, 0.15) is 0 Å². The number of aromatic amines is 2. The summed E-state index contributed by atoms with van der Waals surface area (Å²) in [6.45, 7) is 1.05. The first-order chi connectivity index (χ1) is 14.7. The van der Waals surface area contributed by atoms with Gasteiger partial charge in [0.2, 0.25) is 0 Å². The maximum Gasteiger partial charge on any atom is 0.329 e. The Morgan fingerprint density at radius 3 is 1.48 bits per heavy atom. The van der Waals surface area contributed by atoms with Gasteiger partial charge in [0.15, 0.2) is 31.8 Å². The van der Waals surface area contributed by atoms with Crippen molar-refractivity contribution in [1.82, 2.24) is 38.2 Å². The molecule has 0 spiro atoms. The molecule has 4 aromatic rings. The zero-order valence-electron chi connectivity index (χ0n) is 16.6. The van der Waals surface area contributed by atoms with Gasteiger partial charge < -0.3 is 9.13 Å². The number of hydrogen-bond donors (Lipinski definition) is 2. The van der Waals surface area contributed by atoms with Gasteiger partial charge in [-0.05, 0) is 51.1 Å². The van der Waals surface area contributed by atoms with Gasteiger partial charge >= 0.3 is 11.4 Å². The molecule has 4 aromatic heterocycles. The maximum atomic E-state index is 12.3. The summed E-state index contributed by atoms with van der Waals surface area (Å²) in [4.78, 5) is 61.2. The third-order valence-electron chi connectivity index (χ3n) is 5.18. The summed E-state index contributed by atoms with van der Waals surface area (Å²) in [7, 11) is 3.10. The first-order valence-corrected chi connectivity index (χ1v) is 11.0. The van der Waals surface area contributed by atoms with Crippen molar-refractivity contribution in [3.8, 4) is 0 Å². The predicted molar refractivity (Wildman–Crippen MR) is 120 cm³/mol. The second kappa shape index (κ2) is 8.07. The lowest BCUT2D eigenvalue weighted by Gasteiger charge is -2.08. The number of H-pyrrole nitrogens is 2. The molecule has 4 rings (SSSR count). The molecule has 0 unspecified atom stereocenters. The van der Waals surface area contributed by atoms with E-state index in [1.165, 1.54) is 9.13 Å². The molecular formula is C17H18Br2N8O4. The lowest BCUT2D eigenvalue weighted by molar-refractivity contribution is 0.547. The van der Waals surface area contributed by atoms with E-state index in [0.717, 1.165) is 19.3 Å². The van der Waals surface area contributed by atoms with Crippen molar-refractivity contribution in [2.45, 2.75) is 32.4 Å².